The summed E-state index contributed by atoms with van der Waals surface area (Å²) in [7, 11) is 0. The van der Waals surface area contributed by atoms with E-state index in [1.165, 1.54) is 21.5 Å². The van der Waals surface area contributed by atoms with Gasteiger partial charge in [-0.3, -0.25) is 13.2 Å². The van der Waals surface area contributed by atoms with Gasteiger partial charge in [-0.2, -0.15) is 0 Å². The molecule has 12 aromatic heterocycles. The van der Waals surface area contributed by atoms with Crippen LogP contribution in [0.25, 0.3) is 324 Å². The summed E-state index contributed by atoms with van der Waals surface area (Å²) in [6.45, 7) is 0. The Morgan fingerprint density at radius 3 is 1.12 bits per heavy atom. The Balaban J connectivity index is 0.500. The lowest BCUT2D eigenvalue weighted by atomic mass is 9.93. The molecule has 0 atom stereocenters. The number of imidazole rings is 3. The summed E-state index contributed by atoms with van der Waals surface area (Å²) >= 11 is 0. The molecule has 0 bridgehead atoms. The van der Waals surface area contributed by atoms with Crippen molar-refractivity contribution in [3.05, 3.63) is 406 Å². The first-order chi connectivity index (χ1) is 68.4. The molecule has 138 heavy (non-hydrogen) atoms. The normalized spacial score (nSPS) is 12.5. The molecule has 0 radical (unpaired) electrons. The third-order valence-electron chi connectivity index (χ3n) is 29.7. The van der Waals surface area contributed by atoms with E-state index in [1.807, 2.05) is 24.3 Å². The highest BCUT2D eigenvalue weighted by Gasteiger charge is 2.29. The average molecular weight is 1750 g/mol. The Kier molecular flexibility index (Phi) is 14.7. The van der Waals surface area contributed by atoms with Crippen molar-refractivity contribution in [2.45, 2.75) is 0 Å². The first-order valence-corrected chi connectivity index (χ1v) is 46.8. The third kappa shape index (κ3) is 10.3. The standard InChI is InChI=1S/C126H67N9O3/c1-3-23-81-69(19-1)43-53-85-94-63-74(48-57-103(94)133-106-35-13-11-33-99(106)130-124(133)114(81)85)68-39-41-71(42-40-68)111-90-56-47-78(67-101(90)129-118-92-28-8-16-38-110(92)136-121(111)118)84-29-18-30-93-119-123(138-120(84)93)112(88-25-5-10-32-98(88)128-119)79-22-17-21-72(62-79)75-49-58-104-95(64-75)86-54-44-70-20-2-4-24-82(70)115(86)126-132-102-66-76(50-60-108(102)135(104)126)73-45-52-83-77(61-73)46-55-87-96-65-80(51-59-105(96)134-107-36-14-12-34-100(107)131-125(134)116(83)87)113-89-26-6-9-31-97(89)127-117-91-27-7-15-37-109(91)137-122(113)117/h1-67H. The molecule has 12 nitrogen and oxygen atoms in total. The van der Waals surface area contributed by atoms with Gasteiger partial charge in [-0.25, -0.2) is 29.9 Å². The lowest BCUT2D eigenvalue weighted by Gasteiger charge is -2.14. The van der Waals surface area contributed by atoms with Gasteiger partial charge in [0, 0.05) is 86.9 Å². The molecule has 32 aromatic rings. The van der Waals surface area contributed by atoms with Crippen molar-refractivity contribution in [3.8, 4) is 77.9 Å². The van der Waals surface area contributed by atoms with Crippen LogP contribution < -0.4 is 0 Å². The fraction of sp³-hybridized carbons (Fsp3) is 0. The fourth-order valence-corrected chi connectivity index (χ4v) is 23.4. The molecule has 0 aliphatic heterocycles. The number of aromatic nitrogens is 9. The molecule has 0 saturated carbocycles. The van der Waals surface area contributed by atoms with E-state index in [0.717, 1.165) is 303 Å². The molecule has 0 aliphatic carbocycles. The quantitative estimate of drug-likeness (QED) is 0.143. The number of benzene rings is 20. The Morgan fingerprint density at radius 1 is 0.167 bits per heavy atom. The van der Waals surface area contributed by atoms with Crippen LogP contribution in [-0.2, 0) is 0 Å². The Labute approximate surface area is 781 Å². The van der Waals surface area contributed by atoms with E-state index in [-0.39, 0.29) is 0 Å². The summed E-state index contributed by atoms with van der Waals surface area (Å²) in [4.78, 5) is 32.7. The molecule has 0 saturated heterocycles. The van der Waals surface area contributed by atoms with Crippen LogP contribution in [0.3, 0.4) is 0 Å². The van der Waals surface area contributed by atoms with E-state index < -0.39 is 0 Å². The topological polar surface area (TPSA) is 130 Å². The van der Waals surface area contributed by atoms with E-state index in [0.29, 0.717) is 0 Å². The highest BCUT2D eigenvalue weighted by atomic mass is 16.3. The van der Waals surface area contributed by atoms with Gasteiger partial charge >= 0.3 is 0 Å². The van der Waals surface area contributed by atoms with Crippen LogP contribution in [-0.4, -0.2) is 43.1 Å². The van der Waals surface area contributed by atoms with Crippen molar-refractivity contribution in [1.29, 1.82) is 0 Å². The first-order valence-electron chi connectivity index (χ1n) is 46.8. The molecule has 32 rings (SSSR count). The molecule has 634 valence electrons. The summed E-state index contributed by atoms with van der Waals surface area (Å²) in [5.74, 6) is 0. The summed E-state index contributed by atoms with van der Waals surface area (Å²) in [5, 5.41) is 23.0. The number of fused-ring (bicyclic) bond motifs is 42. The molecular weight excluding hydrogens is 1690 g/mol. The van der Waals surface area contributed by atoms with Gasteiger partial charge in [0.15, 0.2) is 16.7 Å². The molecule has 12 heterocycles. The van der Waals surface area contributed by atoms with Gasteiger partial charge in [0.2, 0.25) is 0 Å². The number of nitrogens with zero attached hydrogens (tertiary/aromatic N) is 9. The largest absolute Gasteiger partial charge is 0.454 e. The number of hydrogen-bond donors (Lipinski definition) is 0. The highest BCUT2D eigenvalue weighted by Crippen LogP contribution is 2.51. The van der Waals surface area contributed by atoms with Gasteiger partial charge in [-0.05, 0) is 238 Å². The smallest absolute Gasteiger partial charge is 0.162 e. The molecular formula is C126H67N9O3. The molecule has 0 N–H and O–H groups in total. The zero-order valence-corrected chi connectivity index (χ0v) is 73.4. The summed E-state index contributed by atoms with van der Waals surface area (Å²) in [6, 6.07) is 147. The van der Waals surface area contributed by atoms with Crippen molar-refractivity contribution in [3.63, 3.8) is 0 Å². The minimum absolute atomic E-state index is 0.721. The van der Waals surface area contributed by atoms with Crippen LogP contribution >= 0.6 is 0 Å². The third-order valence-corrected chi connectivity index (χ3v) is 29.7. The molecule has 0 spiro atoms. The van der Waals surface area contributed by atoms with Crippen molar-refractivity contribution in [2.24, 2.45) is 0 Å². The number of para-hydroxylation sites is 9. The van der Waals surface area contributed by atoms with E-state index in [2.05, 4.69) is 395 Å². The highest BCUT2D eigenvalue weighted by molar-refractivity contribution is 6.29. The molecule has 0 aliphatic rings. The second-order valence-electron chi connectivity index (χ2n) is 36.9. The van der Waals surface area contributed by atoms with Crippen molar-refractivity contribution < 1.29 is 13.3 Å². The number of rotatable bonds is 7. The van der Waals surface area contributed by atoms with Crippen LogP contribution in [0, 0.1) is 0 Å². The summed E-state index contributed by atoms with van der Waals surface area (Å²) in [6.07, 6.45) is 0. The van der Waals surface area contributed by atoms with Crippen LogP contribution in [0.2, 0.25) is 0 Å². The van der Waals surface area contributed by atoms with Crippen LogP contribution in [0.4, 0.5) is 0 Å². The molecule has 0 fully saturated rings. The molecule has 20 aromatic carbocycles. The lowest BCUT2D eigenvalue weighted by Crippen LogP contribution is -1.94. The minimum Gasteiger partial charge on any atom is -0.454 e. The summed E-state index contributed by atoms with van der Waals surface area (Å²) < 4.78 is 28.2. The molecule has 12 heteroatoms. The SMILES string of the molecule is c1cc(-c2ccc3c(c2)c2ccc4ccccc4c2c2nc4cc(-c5ccc6c(ccc7c8cc(-c9c%10ccccc%10nc%10c9oc9ccccc9%10)ccc8n8c9ccccc9nc8c67)c5)ccc4n32)cc(-c2c3ccccc3nc3c2oc2c(-c4ccc5c(-c6ccc(-c7ccc8c(c7)c7ccc9ccccc9c7c7nc9ccccc9n87)cc6)c6oc7ccccc7c6nc5c4)cccc23)c1. The monoisotopic (exact) mass is 1750 g/mol. The minimum atomic E-state index is 0.721. The Morgan fingerprint density at radius 2 is 0.522 bits per heavy atom. The van der Waals surface area contributed by atoms with E-state index in [9.17, 15) is 0 Å². The predicted molar refractivity (Wildman–Crippen MR) is 569 cm³/mol. The zero-order valence-electron chi connectivity index (χ0n) is 73.4. The number of pyridine rings is 6. The summed E-state index contributed by atoms with van der Waals surface area (Å²) in [5.41, 5.74) is 36.3. The van der Waals surface area contributed by atoms with Gasteiger partial charge in [0.25, 0.3) is 0 Å². The van der Waals surface area contributed by atoms with E-state index in [1.54, 1.807) is 0 Å². The van der Waals surface area contributed by atoms with E-state index >= 15 is 0 Å². The second kappa shape index (κ2) is 27.5. The Hall–Kier alpha value is -18.8. The van der Waals surface area contributed by atoms with Crippen LogP contribution in [0.5, 0.6) is 0 Å². The zero-order chi connectivity index (χ0) is 89.5. The molecule has 0 amide bonds. The van der Waals surface area contributed by atoms with Crippen molar-refractivity contribution in [2.75, 3.05) is 0 Å². The lowest BCUT2D eigenvalue weighted by molar-refractivity contribution is 0.669. The number of furan rings is 3. The first kappa shape index (κ1) is 73.8. The second-order valence-corrected chi connectivity index (χ2v) is 36.9. The Bertz CT molecular complexity index is 11200. The van der Waals surface area contributed by atoms with Gasteiger partial charge in [0.05, 0.1) is 66.2 Å². The van der Waals surface area contributed by atoms with Crippen LogP contribution in [0.1, 0.15) is 0 Å². The van der Waals surface area contributed by atoms with Gasteiger partial charge < -0.3 is 13.3 Å². The van der Waals surface area contributed by atoms with Gasteiger partial charge in [-0.1, -0.05) is 273 Å². The maximum absolute atomic E-state index is 7.47. The maximum atomic E-state index is 7.47. The molecule has 0 unspecified atom stereocenters. The maximum Gasteiger partial charge on any atom is 0.162 e. The predicted octanol–water partition coefficient (Wildman–Crippen LogP) is 33.5. The number of hydrogen-bond acceptors (Lipinski definition) is 9. The van der Waals surface area contributed by atoms with Crippen molar-refractivity contribution >= 4 is 246 Å². The fourth-order valence-electron chi connectivity index (χ4n) is 23.4. The van der Waals surface area contributed by atoms with Gasteiger partial charge in [0.1, 0.15) is 50.2 Å². The van der Waals surface area contributed by atoms with Crippen molar-refractivity contribution in [1.82, 2.24) is 43.1 Å². The van der Waals surface area contributed by atoms with E-state index in [4.69, 9.17) is 43.2 Å². The average Bonchev–Trinajstić information content (AvgIpc) is 1.41. The van der Waals surface area contributed by atoms with Crippen LogP contribution in [0.15, 0.2) is 420 Å². The van der Waals surface area contributed by atoms with Gasteiger partial charge in [-0.15, -0.1) is 0 Å².